The standard InChI is InChI=1S/C30H31N5O4/c1-16-18-7-4-5-9-21(18)22(26-19(16)11-10-17-6-2-3-8-20(17)26)13-31-30-33-28-27(29(38)34-30)32-15-35(28)25-12-23(37)24(14-36)39-25/h4-5,7,9-11,15,23-25,36-37H,2-3,6,8,12-14H2,1H3,(H2,31,33,34,38)/t23-,24+,25+/m0/s1. The number of aliphatic hydroxyl groups is 2. The number of nitrogens with zero attached hydrogens (tertiary/aromatic N) is 3. The number of hydrogen-bond donors (Lipinski definition) is 4. The number of H-pyrrole nitrogens is 1. The second-order valence-corrected chi connectivity index (χ2v) is 10.7. The zero-order chi connectivity index (χ0) is 26.7. The number of aromatic nitrogens is 4. The average molecular weight is 526 g/mol. The normalized spacial score (nSPS) is 21.2. The third-order valence-electron chi connectivity index (χ3n) is 8.45. The van der Waals surface area contributed by atoms with Crippen LogP contribution in [-0.4, -0.2) is 48.5 Å². The lowest BCUT2D eigenvalue weighted by Gasteiger charge is -2.23. The minimum Gasteiger partial charge on any atom is -0.394 e. The maximum Gasteiger partial charge on any atom is 0.280 e. The molecule has 7 rings (SSSR count). The van der Waals surface area contributed by atoms with Crippen molar-refractivity contribution in [2.45, 2.75) is 64.0 Å². The minimum atomic E-state index is -0.800. The van der Waals surface area contributed by atoms with Crippen molar-refractivity contribution in [1.29, 1.82) is 0 Å². The fraction of sp³-hybridized carbons (Fsp3) is 0.367. The largest absolute Gasteiger partial charge is 0.394 e. The van der Waals surface area contributed by atoms with E-state index in [2.05, 4.69) is 58.6 Å². The van der Waals surface area contributed by atoms with Crippen molar-refractivity contribution in [3.05, 3.63) is 75.3 Å². The van der Waals surface area contributed by atoms with Gasteiger partial charge in [0, 0.05) is 13.0 Å². The number of fused-ring (bicyclic) bond motifs is 5. The first-order valence-corrected chi connectivity index (χ1v) is 13.6. The van der Waals surface area contributed by atoms with Gasteiger partial charge in [-0.1, -0.05) is 36.4 Å². The van der Waals surface area contributed by atoms with Gasteiger partial charge in [-0.15, -0.1) is 0 Å². The lowest BCUT2D eigenvalue weighted by molar-refractivity contribution is -0.0432. The molecule has 0 radical (unpaired) electrons. The summed E-state index contributed by atoms with van der Waals surface area (Å²) in [6.07, 6.45) is 4.32. The van der Waals surface area contributed by atoms with E-state index in [0.717, 1.165) is 12.8 Å². The maximum atomic E-state index is 12.9. The Morgan fingerprint density at radius 2 is 1.95 bits per heavy atom. The molecule has 9 nitrogen and oxygen atoms in total. The topological polar surface area (TPSA) is 125 Å². The van der Waals surface area contributed by atoms with Crippen LogP contribution in [0.3, 0.4) is 0 Å². The van der Waals surface area contributed by atoms with Crippen molar-refractivity contribution in [2.75, 3.05) is 11.9 Å². The molecule has 3 aromatic carbocycles. The highest BCUT2D eigenvalue weighted by molar-refractivity contribution is 6.07. The van der Waals surface area contributed by atoms with E-state index in [1.165, 1.54) is 63.0 Å². The lowest BCUT2D eigenvalue weighted by atomic mass is 9.83. The molecule has 39 heavy (non-hydrogen) atoms. The molecule has 0 bridgehead atoms. The number of benzene rings is 3. The predicted molar refractivity (Wildman–Crippen MR) is 150 cm³/mol. The first-order chi connectivity index (χ1) is 19.0. The molecular formula is C30H31N5O4. The zero-order valence-corrected chi connectivity index (χ0v) is 21.8. The summed E-state index contributed by atoms with van der Waals surface area (Å²) in [5.74, 6) is 0.342. The van der Waals surface area contributed by atoms with E-state index in [9.17, 15) is 15.0 Å². The van der Waals surface area contributed by atoms with Crippen LogP contribution in [0.2, 0.25) is 0 Å². The van der Waals surface area contributed by atoms with Crippen molar-refractivity contribution in [3.8, 4) is 0 Å². The van der Waals surface area contributed by atoms with Gasteiger partial charge < -0.3 is 20.3 Å². The number of rotatable bonds is 5. The maximum absolute atomic E-state index is 12.9. The van der Waals surface area contributed by atoms with Gasteiger partial charge in [0.15, 0.2) is 11.2 Å². The highest BCUT2D eigenvalue weighted by Gasteiger charge is 2.35. The van der Waals surface area contributed by atoms with E-state index >= 15 is 0 Å². The molecule has 2 aromatic heterocycles. The summed E-state index contributed by atoms with van der Waals surface area (Å²) < 4.78 is 7.45. The SMILES string of the molecule is Cc1c2ccccc2c(CNc2nc3c(ncn3[C@H]3C[C@H](O)[C@@H](CO)O3)c(=O)[nH]2)c2c3c(ccc12)CCCC3. The van der Waals surface area contributed by atoms with Crippen molar-refractivity contribution in [1.82, 2.24) is 19.5 Å². The van der Waals surface area contributed by atoms with E-state index < -0.39 is 18.4 Å². The van der Waals surface area contributed by atoms with Crippen molar-refractivity contribution in [2.24, 2.45) is 0 Å². The Kier molecular flexibility index (Phi) is 5.88. The van der Waals surface area contributed by atoms with Gasteiger partial charge in [0.1, 0.15) is 12.3 Å². The van der Waals surface area contributed by atoms with E-state index in [1.807, 2.05) is 0 Å². The molecule has 0 saturated carbocycles. The van der Waals surface area contributed by atoms with Gasteiger partial charge in [-0.25, -0.2) is 4.98 Å². The summed E-state index contributed by atoms with van der Waals surface area (Å²) in [5.41, 5.74) is 5.58. The van der Waals surface area contributed by atoms with Gasteiger partial charge in [-0.05, 0) is 76.4 Å². The number of imidazole rings is 1. The van der Waals surface area contributed by atoms with Gasteiger partial charge in [0.05, 0.1) is 19.0 Å². The Morgan fingerprint density at radius 1 is 1.13 bits per heavy atom. The van der Waals surface area contributed by atoms with Gasteiger partial charge in [-0.2, -0.15) is 4.98 Å². The van der Waals surface area contributed by atoms with E-state index in [-0.39, 0.29) is 24.1 Å². The minimum absolute atomic E-state index is 0.200. The molecular weight excluding hydrogens is 494 g/mol. The lowest BCUT2D eigenvalue weighted by Crippen LogP contribution is -2.24. The van der Waals surface area contributed by atoms with Crippen LogP contribution in [0.1, 0.15) is 47.7 Å². The van der Waals surface area contributed by atoms with E-state index in [1.54, 1.807) is 4.57 Å². The van der Waals surface area contributed by atoms with Crippen LogP contribution >= 0.6 is 0 Å². The third-order valence-corrected chi connectivity index (χ3v) is 8.45. The molecule has 1 saturated heterocycles. The number of aromatic amines is 1. The van der Waals surface area contributed by atoms with Crippen LogP contribution in [0.15, 0.2) is 47.5 Å². The number of ether oxygens (including phenoxy) is 1. The quantitative estimate of drug-likeness (QED) is 0.257. The summed E-state index contributed by atoms with van der Waals surface area (Å²) in [7, 11) is 0. The summed E-state index contributed by atoms with van der Waals surface area (Å²) >= 11 is 0. The van der Waals surface area contributed by atoms with E-state index in [4.69, 9.17) is 9.72 Å². The Balaban J connectivity index is 1.32. The molecule has 5 aromatic rings. The van der Waals surface area contributed by atoms with Crippen LogP contribution in [-0.2, 0) is 24.1 Å². The number of hydrogen-bond acceptors (Lipinski definition) is 7. The van der Waals surface area contributed by atoms with Crippen LogP contribution in [0.25, 0.3) is 32.7 Å². The van der Waals surface area contributed by atoms with Crippen LogP contribution < -0.4 is 10.9 Å². The second-order valence-electron chi connectivity index (χ2n) is 10.7. The zero-order valence-electron chi connectivity index (χ0n) is 21.8. The first kappa shape index (κ1) is 24.3. The van der Waals surface area contributed by atoms with Crippen molar-refractivity contribution in [3.63, 3.8) is 0 Å². The Hall–Kier alpha value is -3.79. The summed E-state index contributed by atoms with van der Waals surface area (Å²) in [5, 5.41) is 28.1. The van der Waals surface area contributed by atoms with Crippen LogP contribution in [0.4, 0.5) is 5.95 Å². The molecule has 4 N–H and O–H groups in total. The van der Waals surface area contributed by atoms with Crippen LogP contribution in [0.5, 0.6) is 0 Å². The predicted octanol–water partition coefficient (Wildman–Crippen LogP) is 3.87. The number of anilines is 1. The smallest absolute Gasteiger partial charge is 0.280 e. The number of aliphatic hydroxyl groups excluding tert-OH is 2. The summed E-state index contributed by atoms with van der Waals surface area (Å²) in [6.45, 7) is 2.41. The molecule has 2 aliphatic rings. The molecule has 3 heterocycles. The molecule has 1 aliphatic carbocycles. The summed E-state index contributed by atoms with van der Waals surface area (Å²) in [6, 6.07) is 13.1. The van der Waals surface area contributed by atoms with E-state index in [0.29, 0.717) is 18.1 Å². The van der Waals surface area contributed by atoms with Gasteiger partial charge in [0.2, 0.25) is 5.95 Å². The third kappa shape index (κ3) is 3.92. The van der Waals surface area contributed by atoms with Crippen molar-refractivity contribution >= 4 is 38.7 Å². The van der Waals surface area contributed by atoms with Gasteiger partial charge in [0.25, 0.3) is 5.56 Å². The Bertz CT molecular complexity index is 1790. The second kappa shape index (κ2) is 9.44. The van der Waals surface area contributed by atoms with Crippen LogP contribution in [0, 0.1) is 6.92 Å². The fourth-order valence-electron chi connectivity index (χ4n) is 6.46. The average Bonchev–Trinajstić information content (AvgIpc) is 3.56. The van der Waals surface area contributed by atoms with Crippen molar-refractivity contribution < 1.29 is 14.9 Å². The van der Waals surface area contributed by atoms with Gasteiger partial charge in [-0.3, -0.25) is 14.3 Å². The molecule has 0 amide bonds. The highest BCUT2D eigenvalue weighted by atomic mass is 16.5. The molecule has 9 heteroatoms. The Morgan fingerprint density at radius 3 is 2.77 bits per heavy atom. The number of nitrogens with one attached hydrogen (secondary N) is 2. The molecule has 200 valence electrons. The molecule has 1 fully saturated rings. The molecule has 3 atom stereocenters. The van der Waals surface area contributed by atoms with Gasteiger partial charge >= 0.3 is 0 Å². The highest BCUT2D eigenvalue weighted by Crippen LogP contribution is 2.38. The molecule has 0 spiro atoms. The number of aryl methyl sites for hydroxylation is 3. The first-order valence-electron chi connectivity index (χ1n) is 13.6. The monoisotopic (exact) mass is 525 g/mol. The Labute approximate surface area is 224 Å². The molecule has 0 unspecified atom stereocenters. The fourth-order valence-corrected chi connectivity index (χ4v) is 6.46. The summed E-state index contributed by atoms with van der Waals surface area (Å²) in [4.78, 5) is 24.7. The molecule has 1 aliphatic heterocycles.